The third kappa shape index (κ3) is 12.1. The molecule has 0 radical (unpaired) electrons. The number of carbonyl (C=O) groups excluding carboxylic acids is 1. The molecule has 306 valence electrons. The van der Waals surface area contributed by atoms with Crippen LogP contribution in [0, 0.1) is 0 Å². The number of sulfonamides is 1. The zero-order valence-corrected chi connectivity index (χ0v) is 34.5. The van der Waals surface area contributed by atoms with Gasteiger partial charge in [0.1, 0.15) is 0 Å². The number of anilines is 2. The van der Waals surface area contributed by atoms with Crippen LogP contribution in [0.25, 0.3) is 11.1 Å². The van der Waals surface area contributed by atoms with Crippen LogP contribution < -0.4 is 19.7 Å². The van der Waals surface area contributed by atoms with Crippen molar-refractivity contribution in [3.05, 3.63) is 137 Å². The van der Waals surface area contributed by atoms with Crippen LogP contribution >= 0.6 is 23.4 Å². The van der Waals surface area contributed by atoms with E-state index < -0.39 is 32.9 Å². The predicted octanol–water partition coefficient (Wildman–Crippen LogP) is 8.87. The van der Waals surface area contributed by atoms with Gasteiger partial charge in [0.2, 0.25) is 0 Å². The molecule has 0 aromatic heterocycles. The van der Waals surface area contributed by atoms with E-state index in [9.17, 15) is 26.4 Å². The first-order valence-electron chi connectivity index (χ1n) is 18.7. The standard InChI is InChI=1S/C43H45ClF3N5O4S2/c1-50(2)23-22-35(30-57-37-9-4-3-5-10-37)48-40-21-20-38(28-41(40)56-43(45,46)47)58(54,55)49-42(53)32-14-18-36(19-15-32)52-26-24-51(25-27-52)29-33-8-6-7-11-39(33)31-12-16-34(44)17-13-31/h3-21,28,35,48H,22-27,29-30H2,1-2H3,(H,49,53)/t35-/m1/s1. The molecule has 58 heavy (non-hydrogen) atoms. The maximum absolute atomic E-state index is 13.6. The third-order valence-corrected chi connectivity index (χ3v) is 12.4. The Kier molecular flexibility index (Phi) is 14.3. The molecule has 0 bridgehead atoms. The third-order valence-electron chi connectivity index (χ3n) is 9.63. The highest BCUT2D eigenvalue weighted by Gasteiger charge is 2.33. The number of rotatable bonds is 16. The minimum absolute atomic E-state index is 0.0285. The minimum Gasteiger partial charge on any atom is -0.404 e. The van der Waals surface area contributed by atoms with Crippen LogP contribution in [0.15, 0.2) is 131 Å². The molecule has 1 saturated heterocycles. The second-order valence-corrected chi connectivity index (χ2v) is 17.4. The number of nitrogens with one attached hydrogen (secondary N) is 2. The van der Waals surface area contributed by atoms with Gasteiger partial charge >= 0.3 is 6.36 Å². The number of halogens is 4. The topological polar surface area (TPSA) is 94.2 Å². The Hall–Kier alpha value is -4.73. The Bertz CT molecular complexity index is 2240. The Morgan fingerprint density at radius 2 is 1.55 bits per heavy atom. The number of hydrogen-bond donors (Lipinski definition) is 2. The van der Waals surface area contributed by atoms with Crippen molar-refractivity contribution in [3.8, 4) is 16.9 Å². The maximum Gasteiger partial charge on any atom is 0.573 e. The lowest BCUT2D eigenvalue weighted by Crippen LogP contribution is -2.46. The molecule has 0 saturated carbocycles. The molecule has 2 N–H and O–H groups in total. The van der Waals surface area contributed by atoms with Crippen molar-refractivity contribution in [2.75, 3.05) is 62.8 Å². The molecule has 15 heteroatoms. The summed E-state index contributed by atoms with van der Waals surface area (Å²) in [6.07, 6.45) is -4.51. The van der Waals surface area contributed by atoms with E-state index in [1.807, 2.05) is 90.4 Å². The molecule has 0 unspecified atom stereocenters. The fourth-order valence-corrected chi connectivity index (χ4v) is 8.69. The SMILES string of the molecule is CN(C)CC[C@H](CSc1ccccc1)Nc1ccc(S(=O)(=O)NC(=O)c2ccc(N3CCN(Cc4ccccc4-c4ccc(Cl)cc4)CC3)cc2)cc1OC(F)(F)F. The summed E-state index contributed by atoms with van der Waals surface area (Å²) >= 11 is 7.65. The van der Waals surface area contributed by atoms with E-state index >= 15 is 0 Å². The molecule has 1 aliphatic rings. The molecular formula is C43H45ClF3N5O4S2. The number of thioether (sulfide) groups is 1. The van der Waals surface area contributed by atoms with Gasteiger partial charge in [0.15, 0.2) is 5.75 Å². The van der Waals surface area contributed by atoms with Crippen molar-refractivity contribution in [1.29, 1.82) is 0 Å². The minimum atomic E-state index is -5.10. The fourth-order valence-electron chi connectivity index (χ4n) is 6.58. The lowest BCUT2D eigenvalue weighted by atomic mass is 9.99. The monoisotopic (exact) mass is 851 g/mol. The Morgan fingerprint density at radius 1 is 0.879 bits per heavy atom. The largest absolute Gasteiger partial charge is 0.573 e. The van der Waals surface area contributed by atoms with Crippen LogP contribution in [0.4, 0.5) is 24.5 Å². The van der Waals surface area contributed by atoms with Gasteiger partial charge in [0.25, 0.3) is 15.9 Å². The lowest BCUT2D eigenvalue weighted by molar-refractivity contribution is -0.274. The van der Waals surface area contributed by atoms with Crippen molar-refractivity contribution in [3.63, 3.8) is 0 Å². The number of ether oxygens (including phenoxy) is 1. The molecule has 6 rings (SSSR count). The molecule has 0 spiro atoms. The highest BCUT2D eigenvalue weighted by molar-refractivity contribution is 7.99. The van der Waals surface area contributed by atoms with Crippen molar-refractivity contribution < 1.29 is 31.1 Å². The molecule has 1 aliphatic heterocycles. The average molecular weight is 852 g/mol. The van der Waals surface area contributed by atoms with E-state index in [4.69, 9.17) is 11.6 Å². The summed E-state index contributed by atoms with van der Waals surface area (Å²) in [4.78, 5) is 20.2. The van der Waals surface area contributed by atoms with Gasteiger partial charge in [-0.25, -0.2) is 13.1 Å². The number of hydrogen-bond acceptors (Lipinski definition) is 9. The summed E-state index contributed by atoms with van der Waals surface area (Å²) < 4.78 is 73.9. The first kappa shape index (κ1) is 42.9. The van der Waals surface area contributed by atoms with Crippen LogP contribution in [0.5, 0.6) is 5.75 Å². The molecule has 1 amide bonds. The van der Waals surface area contributed by atoms with Crippen LogP contribution in [-0.4, -0.2) is 89.1 Å². The quantitative estimate of drug-likeness (QED) is 0.0945. The molecular weight excluding hydrogens is 807 g/mol. The van der Waals surface area contributed by atoms with Crippen LogP contribution in [0.3, 0.4) is 0 Å². The van der Waals surface area contributed by atoms with E-state index in [0.717, 1.165) is 66.6 Å². The average Bonchev–Trinajstić information content (AvgIpc) is 3.20. The number of alkyl halides is 3. The van der Waals surface area contributed by atoms with Gasteiger partial charge in [-0.1, -0.05) is 66.2 Å². The maximum atomic E-state index is 13.6. The van der Waals surface area contributed by atoms with Crippen LogP contribution in [-0.2, 0) is 16.6 Å². The van der Waals surface area contributed by atoms with Crippen molar-refractivity contribution in [2.24, 2.45) is 0 Å². The van der Waals surface area contributed by atoms with Crippen molar-refractivity contribution in [2.45, 2.75) is 35.2 Å². The number of nitrogens with zero attached hydrogens (tertiary/aromatic N) is 3. The van der Waals surface area contributed by atoms with Gasteiger partial charge < -0.3 is 19.9 Å². The molecule has 5 aromatic rings. The van der Waals surface area contributed by atoms with E-state index in [0.29, 0.717) is 23.7 Å². The first-order chi connectivity index (χ1) is 27.7. The fraction of sp³-hybridized carbons (Fsp3) is 0.279. The number of piperazine rings is 1. The molecule has 1 fully saturated rings. The van der Waals surface area contributed by atoms with Crippen LogP contribution in [0.1, 0.15) is 22.3 Å². The molecule has 1 heterocycles. The van der Waals surface area contributed by atoms with E-state index in [2.05, 4.69) is 32.0 Å². The zero-order chi connectivity index (χ0) is 41.3. The first-order valence-corrected chi connectivity index (χ1v) is 21.5. The molecule has 9 nitrogen and oxygen atoms in total. The summed E-state index contributed by atoms with van der Waals surface area (Å²) in [6, 6.07) is 35.2. The number of amides is 1. The normalized spacial score (nSPS) is 14.3. The second kappa shape index (κ2) is 19.3. The van der Waals surface area contributed by atoms with Gasteiger partial charge in [0.05, 0.1) is 10.6 Å². The predicted molar refractivity (Wildman–Crippen MR) is 226 cm³/mol. The molecule has 0 aliphatic carbocycles. The summed E-state index contributed by atoms with van der Waals surface area (Å²) in [5.41, 5.74) is 4.42. The van der Waals surface area contributed by atoms with Gasteiger partial charge in [-0.15, -0.1) is 24.9 Å². The zero-order valence-electron chi connectivity index (χ0n) is 32.1. The summed E-state index contributed by atoms with van der Waals surface area (Å²) in [7, 11) is -0.794. The van der Waals surface area contributed by atoms with Gasteiger partial charge in [-0.3, -0.25) is 9.69 Å². The Morgan fingerprint density at radius 3 is 2.22 bits per heavy atom. The Labute approximate surface area is 347 Å². The van der Waals surface area contributed by atoms with Gasteiger partial charge in [0, 0.05) is 71.8 Å². The second-order valence-electron chi connectivity index (χ2n) is 14.2. The van der Waals surface area contributed by atoms with Gasteiger partial charge in [-0.05, 0) is 104 Å². The number of benzene rings is 5. The lowest BCUT2D eigenvalue weighted by Gasteiger charge is -2.36. The van der Waals surface area contributed by atoms with Gasteiger partial charge in [-0.2, -0.15) is 0 Å². The van der Waals surface area contributed by atoms with Crippen molar-refractivity contribution >= 4 is 50.7 Å². The van der Waals surface area contributed by atoms with Crippen LogP contribution in [0.2, 0.25) is 5.02 Å². The van der Waals surface area contributed by atoms with Crippen molar-refractivity contribution in [1.82, 2.24) is 14.5 Å². The highest BCUT2D eigenvalue weighted by Crippen LogP contribution is 2.34. The molecule has 5 aromatic carbocycles. The number of carbonyl (C=O) groups is 1. The Balaban J connectivity index is 1.08. The smallest absolute Gasteiger partial charge is 0.404 e. The summed E-state index contributed by atoms with van der Waals surface area (Å²) in [6.45, 7) is 4.56. The summed E-state index contributed by atoms with van der Waals surface area (Å²) in [5.74, 6) is -1.12. The highest BCUT2D eigenvalue weighted by atomic mass is 35.5. The van der Waals surface area contributed by atoms with E-state index in [1.54, 1.807) is 23.9 Å². The van der Waals surface area contributed by atoms with E-state index in [-0.39, 0.29) is 17.3 Å². The summed E-state index contributed by atoms with van der Waals surface area (Å²) in [5, 5.41) is 3.82. The van der Waals surface area contributed by atoms with E-state index in [1.165, 1.54) is 23.8 Å². The molecule has 1 atom stereocenters.